The Labute approximate surface area is 106 Å². The fourth-order valence-electron chi connectivity index (χ4n) is 1.52. The molecule has 2 aromatic carbocycles. The topological polar surface area (TPSA) is 37.4 Å². The van der Waals surface area contributed by atoms with Crippen LogP contribution in [-0.4, -0.2) is 14.4 Å². The Bertz CT molecular complexity index is 604. The van der Waals surface area contributed by atoms with Crippen molar-refractivity contribution in [3.05, 3.63) is 41.4 Å². The Hall–Kier alpha value is -2.30. The van der Waals surface area contributed by atoms with Gasteiger partial charge < -0.3 is 22.0 Å². The van der Waals surface area contributed by atoms with Gasteiger partial charge in [0.1, 0.15) is 5.75 Å². The molecule has 0 aliphatic rings. The molecule has 0 fully saturated rings. The molecule has 0 aromatic heterocycles. The Balaban J connectivity index is 0.000000312. The van der Waals surface area contributed by atoms with E-state index in [0.29, 0.717) is 5.69 Å². The summed E-state index contributed by atoms with van der Waals surface area (Å²) >= 11 is 0. The highest BCUT2D eigenvalue weighted by atomic mass is 19.5. The van der Waals surface area contributed by atoms with E-state index in [-0.39, 0.29) is 0 Å². The molecule has 0 spiro atoms. The second kappa shape index (κ2) is 6.04. The molecule has 2 aromatic rings. The minimum atomic E-state index is -6.00. The summed E-state index contributed by atoms with van der Waals surface area (Å²) in [6.45, 7) is 0. The van der Waals surface area contributed by atoms with E-state index >= 15 is 0 Å². The molecule has 0 aliphatic heterocycles. The number of rotatable bonds is 1. The third-order valence-electron chi connectivity index (χ3n) is 2.19. The summed E-state index contributed by atoms with van der Waals surface area (Å²) in [4.78, 5) is 3.22. The number of benzene rings is 2. The van der Waals surface area contributed by atoms with Crippen LogP contribution < -0.4 is 4.74 Å². The summed E-state index contributed by atoms with van der Waals surface area (Å²) in [6, 6.07) is 11.2. The number of ether oxygens (including phenoxy) is 1. The zero-order valence-corrected chi connectivity index (χ0v) is 9.86. The largest absolute Gasteiger partial charge is 0.673 e. The van der Waals surface area contributed by atoms with Crippen molar-refractivity contribution in [3.63, 3.8) is 0 Å². The maximum absolute atomic E-state index is 9.75. The number of hydrogen-bond donors (Lipinski definition) is 0. The van der Waals surface area contributed by atoms with Crippen molar-refractivity contribution in [2.24, 2.45) is 0 Å². The van der Waals surface area contributed by atoms with Crippen LogP contribution in [0.1, 0.15) is 0 Å². The third kappa shape index (κ3) is 4.46. The van der Waals surface area contributed by atoms with Gasteiger partial charge in [-0.3, -0.25) is 0 Å². The monoisotopic (exact) mass is 272 g/mol. The zero-order valence-electron chi connectivity index (χ0n) is 9.86. The number of hydrogen-bond acceptors (Lipinski definition) is 2. The molecule has 8 heteroatoms. The van der Waals surface area contributed by atoms with Gasteiger partial charge in [-0.15, -0.1) is 0 Å². The lowest BCUT2D eigenvalue weighted by molar-refractivity contribution is 0.368. The van der Waals surface area contributed by atoms with Gasteiger partial charge in [0.2, 0.25) is 5.39 Å². The van der Waals surface area contributed by atoms with Crippen molar-refractivity contribution in [3.8, 4) is 5.75 Å². The molecule has 2 rings (SSSR count). The summed E-state index contributed by atoms with van der Waals surface area (Å²) in [7, 11) is -4.38. The maximum atomic E-state index is 9.75. The van der Waals surface area contributed by atoms with E-state index in [4.69, 9.17) is 10.1 Å². The van der Waals surface area contributed by atoms with Gasteiger partial charge in [0.25, 0.3) is 0 Å². The van der Waals surface area contributed by atoms with Crippen LogP contribution in [0.5, 0.6) is 5.75 Å². The molecule has 0 saturated heterocycles. The first-order valence-electron chi connectivity index (χ1n) is 5.15. The van der Waals surface area contributed by atoms with Crippen molar-refractivity contribution >= 4 is 23.7 Å². The van der Waals surface area contributed by atoms with E-state index in [9.17, 15) is 17.3 Å². The Morgan fingerprint density at radius 3 is 2.00 bits per heavy atom. The summed E-state index contributed by atoms with van der Waals surface area (Å²) < 4.78 is 44.2. The molecule has 0 bridgehead atoms. The van der Waals surface area contributed by atoms with Crippen LogP contribution in [0.4, 0.5) is 23.0 Å². The van der Waals surface area contributed by atoms with Crippen molar-refractivity contribution in [1.82, 2.24) is 0 Å². The van der Waals surface area contributed by atoms with Gasteiger partial charge in [-0.1, -0.05) is 18.2 Å². The molecule has 100 valence electrons. The summed E-state index contributed by atoms with van der Waals surface area (Å²) in [5.41, 5.74) is 0.557. The van der Waals surface area contributed by atoms with Crippen LogP contribution in [0.15, 0.2) is 36.4 Å². The molecule has 0 atom stereocenters. The molecular weight excluding hydrogens is 263 g/mol. The van der Waals surface area contributed by atoms with Gasteiger partial charge in [0, 0.05) is 11.5 Å². The number of nitrogens with zero attached hydrogens (tertiary/aromatic N) is 2. The van der Waals surface area contributed by atoms with Gasteiger partial charge in [0.15, 0.2) is 4.98 Å². The molecule has 0 radical (unpaired) electrons. The van der Waals surface area contributed by atoms with Gasteiger partial charge in [0.05, 0.1) is 12.5 Å². The van der Waals surface area contributed by atoms with E-state index in [2.05, 4.69) is 4.98 Å². The van der Waals surface area contributed by atoms with Gasteiger partial charge >= 0.3 is 12.9 Å². The van der Waals surface area contributed by atoms with Crippen molar-refractivity contribution in [1.29, 1.82) is 5.39 Å². The summed E-state index contributed by atoms with van der Waals surface area (Å²) in [6.07, 6.45) is 0. The van der Waals surface area contributed by atoms with Crippen LogP contribution in [0.25, 0.3) is 15.7 Å². The lowest BCUT2D eigenvalue weighted by atomic mass is 10.1. The second-order valence-corrected chi connectivity index (χ2v) is 3.43. The standard InChI is InChI=1S/C11H9N2O.BF4/c1-14-11-7-6-10(13-12)8-4-2-3-5-9(8)11;2-1(3,4)5/h2-7H,1H3;/q+1;-1. The first-order valence-corrected chi connectivity index (χ1v) is 5.15. The highest BCUT2D eigenvalue weighted by Crippen LogP contribution is 2.32. The Kier molecular flexibility index (Phi) is 4.70. The number of methoxy groups -OCH3 is 1. The number of diazo groups is 1. The molecule has 0 unspecified atom stereocenters. The number of fused-ring (bicyclic) bond motifs is 1. The normalized spacial score (nSPS) is 10.3. The maximum Gasteiger partial charge on any atom is 0.673 e. The van der Waals surface area contributed by atoms with E-state index in [1.807, 2.05) is 24.3 Å². The summed E-state index contributed by atoms with van der Waals surface area (Å²) in [5, 5.41) is 10.6. The average Bonchev–Trinajstić information content (AvgIpc) is 2.35. The lowest BCUT2D eigenvalue weighted by Crippen LogP contribution is -2.02. The van der Waals surface area contributed by atoms with Gasteiger partial charge in [-0.2, -0.15) is 0 Å². The molecular formula is C11H9BF4N2O. The van der Waals surface area contributed by atoms with E-state index < -0.39 is 7.25 Å². The minimum absolute atomic E-state index is 0.557. The molecule has 0 saturated carbocycles. The van der Waals surface area contributed by atoms with Crippen LogP contribution in [0.2, 0.25) is 0 Å². The Morgan fingerprint density at radius 2 is 1.53 bits per heavy atom. The van der Waals surface area contributed by atoms with Crippen molar-refractivity contribution in [2.45, 2.75) is 0 Å². The first-order chi connectivity index (χ1) is 8.86. The highest BCUT2D eigenvalue weighted by Gasteiger charge is 2.20. The van der Waals surface area contributed by atoms with E-state index in [1.165, 1.54) is 0 Å². The third-order valence-corrected chi connectivity index (χ3v) is 2.19. The molecule has 19 heavy (non-hydrogen) atoms. The quantitative estimate of drug-likeness (QED) is 0.431. The van der Waals surface area contributed by atoms with Crippen LogP contribution >= 0.6 is 0 Å². The highest BCUT2D eigenvalue weighted by molar-refractivity contribution is 6.50. The van der Waals surface area contributed by atoms with Crippen LogP contribution in [0.3, 0.4) is 0 Å². The average molecular weight is 272 g/mol. The first kappa shape index (κ1) is 14.8. The predicted molar refractivity (Wildman–Crippen MR) is 65.4 cm³/mol. The molecule has 0 aliphatic carbocycles. The zero-order chi connectivity index (χ0) is 14.5. The molecule has 0 amide bonds. The van der Waals surface area contributed by atoms with Gasteiger partial charge in [-0.25, -0.2) is 0 Å². The van der Waals surface area contributed by atoms with Crippen LogP contribution in [-0.2, 0) is 0 Å². The summed E-state index contributed by atoms with van der Waals surface area (Å²) in [5.74, 6) is 0.785. The fourth-order valence-corrected chi connectivity index (χ4v) is 1.52. The number of halogens is 4. The van der Waals surface area contributed by atoms with Crippen molar-refractivity contribution < 1.29 is 22.0 Å². The van der Waals surface area contributed by atoms with Gasteiger partial charge in [-0.05, 0) is 12.1 Å². The van der Waals surface area contributed by atoms with E-state index in [1.54, 1.807) is 19.2 Å². The van der Waals surface area contributed by atoms with Crippen LogP contribution in [0, 0.1) is 5.39 Å². The Morgan fingerprint density at radius 1 is 1.00 bits per heavy atom. The second-order valence-electron chi connectivity index (χ2n) is 3.43. The lowest BCUT2D eigenvalue weighted by Gasteiger charge is -2.01. The smallest absolute Gasteiger partial charge is 0.496 e. The fraction of sp³-hybridized carbons (Fsp3) is 0.0909. The van der Waals surface area contributed by atoms with Crippen molar-refractivity contribution in [2.75, 3.05) is 7.11 Å². The van der Waals surface area contributed by atoms with E-state index in [0.717, 1.165) is 16.5 Å². The minimum Gasteiger partial charge on any atom is -0.496 e. The molecule has 0 heterocycles. The molecule has 3 nitrogen and oxygen atoms in total. The molecule has 0 N–H and O–H groups in total. The SMILES string of the molecule is COc1ccc([N+]#N)c2ccccc12.F[B-](F)(F)F. The predicted octanol–water partition coefficient (Wildman–Crippen LogP) is 4.63.